The summed E-state index contributed by atoms with van der Waals surface area (Å²) >= 11 is 0. The first kappa shape index (κ1) is 11.9. The monoisotopic (exact) mass is 224 g/mol. The topological polar surface area (TPSA) is 55.1 Å². The lowest BCUT2D eigenvalue weighted by molar-refractivity contribution is -0.122. The van der Waals surface area contributed by atoms with Gasteiger partial charge in [-0.1, -0.05) is 19.8 Å². The van der Waals surface area contributed by atoms with Gasteiger partial charge in [0.2, 0.25) is 5.91 Å². The minimum atomic E-state index is 0.0939. The standard InChI is InChI=1S/C13H24N2O/c1-13(6-2-3-7-13)9-15-12(16)8-11(14)10-4-5-10/h10-11H,2-9,14H2,1H3,(H,15,16). The van der Waals surface area contributed by atoms with Crippen LogP contribution in [-0.2, 0) is 4.79 Å². The van der Waals surface area contributed by atoms with Crippen molar-refractivity contribution >= 4 is 5.91 Å². The van der Waals surface area contributed by atoms with Crippen LogP contribution >= 0.6 is 0 Å². The first-order valence-electron chi connectivity index (χ1n) is 6.61. The molecule has 0 saturated heterocycles. The Kier molecular flexibility index (Phi) is 3.53. The summed E-state index contributed by atoms with van der Waals surface area (Å²) in [5.41, 5.74) is 6.28. The second-order valence-corrected chi connectivity index (χ2v) is 6.00. The highest BCUT2D eigenvalue weighted by atomic mass is 16.1. The normalized spacial score (nSPS) is 25.4. The molecule has 0 aromatic heterocycles. The molecule has 0 aromatic carbocycles. The SMILES string of the molecule is CC1(CNC(=O)CC(N)C2CC2)CCCC1. The average molecular weight is 224 g/mol. The van der Waals surface area contributed by atoms with Crippen LogP contribution in [0.1, 0.15) is 51.9 Å². The van der Waals surface area contributed by atoms with Crippen LogP contribution < -0.4 is 11.1 Å². The van der Waals surface area contributed by atoms with Gasteiger partial charge in [-0.15, -0.1) is 0 Å². The molecule has 3 N–H and O–H groups in total. The van der Waals surface area contributed by atoms with Gasteiger partial charge in [0.25, 0.3) is 0 Å². The third-order valence-electron chi connectivity index (χ3n) is 4.17. The zero-order chi connectivity index (χ0) is 11.6. The quantitative estimate of drug-likeness (QED) is 0.748. The molecule has 3 nitrogen and oxygen atoms in total. The highest BCUT2D eigenvalue weighted by molar-refractivity contribution is 5.76. The third-order valence-corrected chi connectivity index (χ3v) is 4.17. The lowest BCUT2D eigenvalue weighted by Crippen LogP contribution is -2.38. The van der Waals surface area contributed by atoms with Crippen molar-refractivity contribution in [3.8, 4) is 0 Å². The van der Waals surface area contributed by atoms with Gasteiger partial charge in [0.05, 0.1) is 0 Å². The summed E-state index contributed by atoms with van der Waals surface area (Å²) in [6.45, 7) is 3.12. The van der Waals surface area contributed by atoms with Crippen molar-refractivity contribution in [3.05, 3.63) is 0 Å². The van der Waals surface area contributed by atoms with Gasteiger partial charge in [-0.2, -0.15) is 0 Å². The molecule has 0 aliphatic heterocycles. The van der Waals surface area contributed by atoms with Crippen molar-refractivity contribution in [2.24, 2.45) is 17.1 Å². The van der Waals surface area contributed by atoms with E-state index in [-0.39, 0.29) is 11.9 Å². The van der Waals surface area contributed by atoms with Gasteiger partial charge < -0.3 is 11.1 Å². The largest absolute Gasteiger partial charge is 0.356 e. The van der Waals surface area contributed by atoms with E-state index in [0.717, 1.165) is 6.54 Å². The van der Waals surface area contributed by atoms with E-state index in [4.69, 9.17) is 5.73 Å². The molecular weight excluding hydrogens is 200 g/mol. The van der Waals surface area contributed by atoms with E-state index in [1.807, 2.05) is 0 Å². The summed E-state index contributed by atoms with van der Waals surface area (Å²) < 4.78 is 0. The van der Waals surface area contributed by atoms with Crippen LogP contribution in [0.25, 0.3) is 0 Å². The van der Waals surface area contributed by atoms with Crippen molar-refractivity contribution in [1.82, 2.24) is 5.32 Å². The Balaban J connectivity index is 1.66. The minimum absolute atomic E-state index is 0.0939. The number of nitrogens with two attached hydrogens (primary N) is 1. The smallest absolute Gasteiger partial charge is 0.221 e. The first-order chi connectivity index (χ1) is 7.59. The predicted octanol–water partition coefficient (Wildman–Crippen LogP) is 1.81. The summed E-state index contributed by atoms with van der Waals surface area (Å²) in [5, 5.41) is 3.06. The molecule has 92 valence electrons. The highest BCUT2D eigenvalue weighted by Crippen LogP contribution is 2.36. The molecule has 1 unspecified atom stereocenters. The van der Waals surface area contributed by atoms with Gasteiger partial charge in [-0.3, -0.25) is 4.79 Å². The van der Waals surface area contributed by atoms with Gasteiger partial charge >= 0.3 is 0 Å². The molecule has 2 saturated carbocycles. The molecule has 0 aromatic rings. The number of hydrogen-bond acceptors (Lipinski definition) is 2. The van der Waals surface area contributed by atoms with Crippen LogP contribution in [0.2, 0.25) is 0 Å². The third kappa shape index (κ3) is 3.21. The number of hydrogen-bond donors (Lipinski definition) is 2. The van der Waals surface area contributed by atoms with Crippen LogP contribution in [0.3, 0.4) is 0 Å². The van der Waals surface area contributed by atoms with Crippen molar-refractivity contribution in [3.63, 3.8) is 0 Å². The van der Waals surface area contributed by atoms with Gasteiger partial charge in [0.1, 0.15) is 0 Å². The fourth-order valence-electron chi connectivity index (χ4n) is 2.69. The van der Waals surface area contributed by atoms with E-state index < -0.39 is 0 Å². The first-order valence-corrected chi connectivity index (χ1v) is 6.61. The van der Waals surface area contributed by atoms with Crippen LogP contribution in [0, 0.1) is 11.3 Å². The average Bonchev–Trinajstić information content (AvgIpc) is 3.00. The maximum Gasteiger partial charge on any atom is 0.221 e. The molecule has 1 amide bonds. The Hall–Kier alpha value is -0.570. The maximum atomic E-state index is 11.7. The lowest BCUT2D eigenvalue weighted by atomic mass is 9.89. The number of nitrogens with one attached hydrogen (secondary N) is 1. The Labute approximate surface area is 98.2 Å². The van der Waals surface area contributed by atoms with Gasteiger partial charge in [0, 0.05) is 19.0 Å². The Morgan fingerprint density at radius 2 is 2.06 bits per heavy atom. The van der Waals surface area contributed by atoms with Crippen molar-refractivity contribution in [2.45, 2.75) is 57.9 Å². The molecule has 2 rings (SSSR count). The molecule has 0 radical (unpaired) electrons. The van der Waals surface area contributed by atoms with E-state index in [0.29, 0.717) is 17.8 Å². The molecule has 3 heteroatoms. The number of carbonyl (C=O) groups excluding carboxylic acids is 1. The molecule has 2 aliphatic rings. The van der Waals surface area contributed by atoms with Crippen LogP contribution in [0.5, 0.6) is 0 Å². The molecule has 1 atom stereocenters. The van der Waals surface area contributed by atoms with E-state index in [1.165, 1.54) is 38.5 Å². The Bertz CT molecular complexity index is 255. The molecule has 0 heterocycles. The summed E-state index contributed by atoms with van der Waals surface area (Å²) in [4.78, 5) is 11.7. The Morgan fingerprint density at radius 3 is 2.62 bits per heavy atom. The maximum absolute atomic E-state index is 11.7. The van der Waals surface area contributed by atoms with Crippen LogP contribution in [0.15, 0.2) is 0 Å². The molecular formula is C13H24N2O. The fourth-order valence-corrected chi connectivity index (χ4v) is 2.69. The predicted molar refractivity (Wildman–Crippen MR) is 64.9 cm³/mol. The van der Waals surface area contributed by atoms with Gasteiger partial charge in [0.15, 0.2) is 0 Å². The number of amides is 1. The Morgan fingerprint density at radius 1 is 1.44 bits per heavy atom. The van der Waals surface area contributed by atoms with Crippen molar-refractivity contribution in [1.29, 1.82) is 0 Å². The van der Waals surface area contributed by atoms with Crippen LogP contribution in [0.4, 0.5) is 0 Å². The minimum Gasteiger partial charge on any atom is -0.356 e. The fraction of sp³-hybridized carbons (Fsp3) is 0.923. The van der Waals surface area contributed by atoms with Gasteiger partial charge in [-0.25, -0.2) is 0 Å². The summed E-state index contributed by atoms with van der Waals surface area (Å²) in [6.07, 6.45) is 8.07. The number of rotatable bonds is 5. The van der Waals surface area contributed by atoms with Crippen molar-refractivity contribution in [2.75, 3.05) is 6.54 Å². The molecule has 2 aliphatic carbocycles. The van der Waals surface area contributed by atoms with E-state index >= 15 is 0 Å². The van der Waals surface area contributed by atoms with Crippen LogP contribution in [-0.4, -0.2) is 18.5 Å². The lowest BCUT2D eigenvalue weighted by Gasteiger charge is -2.24. The zero-order valence-electron chi connectivity index (χ0n) is 10.3. The van der Waals surface area contributed by atoms with E-state index in [1.54, 1.807) is 0 Å². The molecule has 0 spiro atoms. The summed E-state index contributed by atoms with van der Waals surface area (Å²) in [5.74, 6) is 0.764. The number of carbonyl (C=O) groups is 1. The highest BCUT2D eigenvalue weighted by Gasteiger charge is 2.31. The molecule has 16 heavy (non-hydrogen) atoms. The summed E-state index contributed by atoms with van der Waals surface area (Å²) in [7, 11) is 0. The molecule has 2 fully saturated rings. The molecule has 0 bridgehead atoms. The second-order valence-electron chi connectivity index (χ2n) is 6.00. The van der Waals surface area contributed by atoms with E-state index in [2.05, 4.69) is 12.2 Å². The van der Waals surface area contributed by atoms with E-state index in [9.17, 15) is 4.79 Å². The van der Waals surface area contributed by atoms with Crippen molar-refractivity contribution < 1.29 is 4.79 Å². The second kappa shape index (κ2) is 4.74. The zero-order valence-corrected chi connectivity index (χ0v) is 10.3. The van der Waals surface area contributed by atoms with Gasteiger partial charge in [-0.05, 0) is 37.0 Å². The summed E-state index contributed by atoms with van der Waals surface area (Å²) in [6, 6.07) is 0.0939.